The lowest BCUT2D eigenvalue weighted by Crippen LogP contribution is -2.60. The first-order valence-electron chi connectivity index (χ1n) is 6.50. The fourth-order valence-corrected chi connectivity index (χ4v) is 2.36. The summed E-state index contributed by atoms with van der Waals surface area (Å²) in [5, 5.41) is 13.4. The normalized spacial score (nSPS) is 20.8. The molecule has 0 heterocycles. The molecule has 16 heavy (non-hydrogen) atoms. The number of aliphatic hydroxyl groups excluding tert-OH is 1. The molecule has 1 saturated carbocycles. The molecule has 0 aromatic rings. The Morgan fingerprint density at radius 1 is 1.31 bits per heavy atom. The molecule has 96 valence electrons. The molecule has 1 atom stereocenters. The zero-order chi connectivity index (χ0) is 12.3. The minimum Gasteiger partial charge on any atom is -0.394 e. The average Bonchev–Trinajstić information content (AvgIpc) is 2.98. The van der Waals surface area contributed by atoms with Crippen molar-refractivity contribution in [2.75, 3.05) is 20.2 Å². The van der Waals surface area contributed by atoms with Gasteiger partial charge in [0.05, 0.1) is 12.1 Å². The topological polar surface area (TPSA) is 35.5 Å². The van der Waals surface area contributed by atoms with E-state index in [-0.39, 0.29) is 12.1 Å². The van der Waals surface area contributed by atoms with Crippen molar-refractivity contribution >= 4 is 0 Å². The van der Waals surface area contributed by atoms with Gasteiger partial charge in [0.2, 0.25) is 0 Å². The van der Waals surface area contributed by atoms with Gasteiger partial charge in [0, 0.05) is 18.6 Å². The van der Waals surface area contributed by atoms with Crippen molar-refractivity contribution in [2.24, 2.45) is 5.92 Å². The molecule has 3 nitrogen and oxygen atoms in total. The standard InChI is InChI=1S/C13H28N2O/c1-10(2)14-13(9-16,12-6-7-12)8-15(5)11(3)4/h10-12,14,16H,6-9H2,1-5H3. The molecule has 3 heteroatoms. The molecule has 0 aliphatic heterocycles. The van der Waals surface area contributed by atoms with Crippen molar-refractivity contribution in [3.05, 3.63) is 0 Å². The Bertz CT molecular complexity index is 214. The number of nitrogens with zero attached hydrogens (tertiary/aromatic N) is 1. The van der Waals surface area contributed by atoms with Gasteiger partial charge in [0.25, 0.3) is 0 Å². The van der Waals surface area contributed by atoms with Crippen molar-refractivity contribution in [3.63, 3.8) is 0 Å². The van der Waals surface area contributed by atoms with Gasteiger partial charge in [-0.3, -0.25) is 0 Å². The number of rotatable bonds is 7. The predicted molar refractivity (Wildman–Crippen MR) is 68.6 cm³/mol. The number of aliphatic hydroxyl groups is 1. The fourth-order valence-electron chi connectivity index (χ4n) is 2.36. The fraction of sp³-hybridized carbons (Fsp3) is 1.00. The molecule has 1 aliphatic rings. The summed E-state index contributed by atoms with van der Waals surface area (Å²) in [5.41, 5.74) is -0.0901. The molecule has 1 aliphatic carbocycles. The van der Waals surface area contributed by atoms with Gasteiger partial charge in [-0.2, -0.15) is 0 Å². The molecule has 1 fully saturated rings. The predicted octanol–water partition coefficient (Wildman–Crippen LogP) is 1.47. The first kappa shape index (κ1) is 13.9. The van der Waals surface area contributed by atoms with Crippen LogP contribution in [0.5, 0.6) is 0 Å². The van der Waals surface area contributed by atoms with Crippen molar-refractivity contribution < 1.29 is 5.11 Å². The van der Waals surface area contributed by atoms with Crippen LogP contribution < -0.4 is 5.32 Å². The minimum absolute atomic E-state index is 0.0901. The second kappa shape index (κ2) is 5.48. The van der Waals surface area contributed by atoms with Gasteiger partial charge in [0.1, 0.15) is 0 Å². The zero-order valence-corrected chi connectivity index (χ0v) is 11.5. The average molecular weight is 228 g/mol. The molecule has 2 N–H and O–H groups in total. The van der Waals surface area contributed by atoms with Crippen LogP contribution in [0.3, 0.4) is 0 Å². The Kier molecular flexibility index (Phi) is 4.77. The summed E-state index contributed by atoms with van der Waals surface area (Å²) in [4.78, 5) is 2.32. The molecule has 0 aromatic carbocycles. The molecule has 0 aromatic heterocycles. The first-order chi connectivity index (χ1) is 7.41. The van der Waals surface area contributed by atoms with Crippen LogP contribution in [-0.4, -0.2) is 47.8 Å². The minimum atomic E-state index is -0.0901. The summed E-state index contributed by atoms with van der Waals surface area (Å²) in [6.07, 6.45) is 2.51. The van der Waals surface area contributed by atoms with Crippen molar-refractivity contribution in [1.82, 2.24) is 10.2 Å². The summed E-state index contributed by atoms with van der Waals surface area (Å²) in [6, 6.07) is 0.951. The summed E-state index contributed by atoms with van der Waals surface area (Å²) < 4.78 is 0. The quantitative estimate of drug-likeness (QED) is 0.692. The Labute approximate surface area is 100 Å². The Morgan fingerprint density at radius 3 is 2.19 bits per heavy atom. The maximum Gasteiger partial charge on any atom is 0.0628 e. The Morgan fingerprint density at radius 2 is 1.88 bits per heavy atom. The highest BCUT2D eigenvalue weighted by atomic mass is 16.3. The van der Waals surface area contributed by atoms with Crippen molar-refractivity contribution in [2.45, 2.75) is 58.2 Å². The van der Waals surface area contributed by atoms with E-state index in [4.69, 9.17) is 0 Å². The first-order valence-corrected chi connectivity index (χ1v) is 6.50. The van der Waals surface area contributed by atoms with Gasteiger partial charge in [-0.25, -0.2) is 0 Å². The highest BCUT2D eigenvalue weighted by Crippen LogP contribution is 2.40. The van der Waals surface area contributed by atoms with Crippen LogP contribution in [0.4, 0.5) is 0 Å². The van der Waals surface area contributed by atoms with Crippen LogP contribution >= 0.6 is 0 Å². The highest BCUT2D eigenvalue weighted by Gasteiger charge is 2.45. The molecular weight excluding hydrogens is 200 g/mol. The van der Waals surface area contributed by atoms with E-state index >= 15 is 0 Å². The van der Waals surface area contributed by atoms with E-state index in [9.17, 15) is 5.11 Å². The van der Waals surface area contributed by atoms with E-state index in [1.54, 1.807) is 0 Å². The maximum atomic E-state index is 9.78. The van der Waals surface area contributed by atoms with Crippen LogP contribution in [0, 0.1) is 5.92 Å². The monoisotopic (exact) mass is 228 g/mol. The summed E-state index contributed by atoms with van der Waals surface area (Å²) in [6.45, 7) is 9.88. The number of hydrogen-bond donors (Lipinski definition) is 2. The molecule has 0 radical (unpaired) electrons. The van der Waals surface area contributed by atoms with Crippen LogP contribution in [0.1, 0.15) is 40.5 Å². The van der Waals surface area contributed by atoms with Crippen LogP contribution in [0.25, 0.3) is 0 Å². The second-order valence-corrected chi connectivity index (χ2v) is 5.90. The molecule has 0 amide bonds. The zero-order valence-electron chi connectivity index (χ0n) is 11.5. The third-order valence-corrected chi connectivity index (χ3v) is 3.63. The third kappa shape index (κ3) is 3.44. The molecule has 1 rings (SSSR count). The summed E-state index contributed by atoms with van der Waals surface area (Å²) >= 11 is 0. The molecular formula is C13H28N2O. The Hall–Kier alpha value is -0.120. The summed E-state index contributed by atoms with van der Waals surface area (Å²) in [7, 11) is 2.14. The largest absolute Gasteiger partial charge is 0.394 e. The van der Waals surface area contributed by atoms with Gasteiger partial charge in [-0.05, 0) is 39.7 Å². The van der Waals surface area contributed by atoms with Gasteiger partial charge in [-0.1, -0.05) is 13.8 Å². The van der Waals surface area contributed by atoms with E-state index in [0.717, 1.165) is 6.54 Å². The second-order valence-electron chi connectivity index (χ2n) is 5.90. The van der Waals surface area contributed by atoms with Crippen molar-refractivity contribution in [1.29, 1.82) is 0 Å². The highest BCUT2D eigenvalue weighted by molar-refractivity contribution is 5.03. The van der Waals surface area contributed by atoms with Crippen LogP contribution in [0.2, 0.25) is 0 Å². The molecule has 0 bridgehead atoms. The van der Waals surface area contributed by atoms with Crippen LogP contribution in [0.15, 0.2) is 0 Å². The van der Waals surface area contributed by atoms with E-state index in [0.29, 0.717) is 18.0 Å². The molecule has 1 unspecified atom stereocenters. The van der Waals surface area contributed by atoms with Gasteiger partial charge >= 0.3 is 0 Å². The van der Waals surface area contributed by atoms with E-state index in [1.807, 2.05) is 0 Å². The Balaban J connectivity index is 2.68. The number of likely N-dealkylation sites (N-methyl/N-ethyl adjacent to an activating group) is 1. The van der Waals surface area contributed by atoms with Gasteiger partial charge in [-0.15, -0.1) is 0 Å². The third-order valence-electron chi connectivity index (χ3n) is 3.63. The van der Waals surface area contributed by atoms with Crippen molar-refractivity contribution in [3.8, 4) is 0 Å². The van der Waals surface area contributed by atoms with E-state index in [1.165, 1.54) is 12.8 Å². The van der Waals surface area contributed by atoms with Gasteiger partial charge in [0.15, 0.2) is 0 Å². The maximum absolute atomic E-state index is 9.78. The molecule has 0 saturated heterocycles. The SMILES string of the molecule is CC(C)NC(CO)(CN(C)C(C)C)C1CC1. The lowest BCUT2D eigenvalue weighted by Gasteiger charge is -2.40. The lowest BCUT2D eigenvalue weighted by atomic mass is 9.92. The smallest absolute Gasteiger partial charge is 0.0628 e. The van der Waals surface area contributed by atoms with Crippen LogP contribution in [-0.2, 0) is 0 Å². The number of hydrogen-bond acceptors (Lipinski definition) is 3. The summed E-state index contributed by atoms with van der Waals surface area (Å²) in [5.74, 6) is 0.654. The lowest BCUT2D eigenvalue weighted by molar-refractivity contribution is 0.0829. The van der Waals surface area contributed by atoms with E-state index < -0.39 is 0 Å². The van der Waals surface area contributed by atoms with E-state index in [2.05, 4.69) is 45.0 Å². The number of nitrogens with one attached hydrogen (secondary N) is 1. The molecule has 0 spiro atoms. The van der Waals surface area contributed by atoms with Gasteiger partial charge < -0.3 is 15.3 Å².